The van der Waals surface area contributed by atoms with Gasteiger partial charge in [0.15, 0.2) is 0 Å². The van der Waals surface area contributed by atoms with Crippen LogP contribution in [0.1, 0.15) is 72.1 Å². The van der Waals surface area contributed by atoms with Crippen LogP contribution in [-0.2, 0) is 9.59 Å². The quantitative estimate of drug-likeness (QED) is 0.753. The maximum absolute atomic E-state index is 11.7. The lowest BCUT2D eigenvalue weighted by Crippen LogP contribution is -2.41. The van der Waals surface area contributed by atoms with Crippen LogP contribution in [-0.4, -0.2) is 17.0 Å². The van der Waals surface area contributed by atoms with E-state index in [0.29, 0.717) is 6.42 Å². The molecule has 0 radical (unpaired) electrons. The van der Waals surface area contributed by atoms with E-state index in [0.717, 1.165) is 18.8 Å². The van der Waals surface area contributed by atoms with Crippen LogP contribution >= 0.6 is 0 Å². The van der Waals surface area contributed by atoms with E-state index in [9.17, 15) is 14.7 Å². The lowest BCUT2D eigenvalue weighted by atomic mass is 9.71. The van der Waals surface area contributed by atoms with Crippen molar-refractivity contribution in [3.05, 3.63) is 0 Å². The molecule has 0 aromatic rings. The zero-order valence-electron chi connectivity index (χ0n) is 13.7. The molecular weight excluding hydrogens is 266 g/mol. The van der Waals surface area contributed by atoms with E-state index in [2.05, 4.69) is 0 Å². The van der Waals surface area contributed by atoms with E-state index in [1.165, 1.54) is 32.1 Å². The number of amides is 1. The normalized spacial score (nSPS) is 20.0. The molecule has 0 aliphatic heterocycles. The standard InChI is InChI=1S/C17H31NO3/c1-17(2,3)14(16(20)21)13(15(18)19)11-7-10-12-8-5-4-6-9-12/h12-14H,4-11H2,1-3H3,(H2,18,19)(H,20,21)/t13-,14?/m1/s1. The topological polar surface area (TPSA) is 80.4 Å². The molecule has 0 spiro atoms. The minimum absolute atomic E-state index is 0.462. The predicted octanol–water partition coefficient (Wildman–Crippen LogP) is 3.59. The van der Waals surface area contributed by atoms with Crippen molar-refractivity contribution in [3.8, 4) is 0 Å². The lowest BCUT2D eigenvalue weighted by molar-refractivity contribution is -0.151. The molecule has 0 aromatic heterocycles. The summed E-state index contributed by atoms with van der Waals surface area (Å²) in [5.41, 5.74) is 5.03. The van der Waals surface area contributed by atoms with Crippen LogP contribution in [0.15, 0.2) is 0 Å². The van der Waals surface area contributed by atoms with Crippen LogP contribution in [0.3, 0.4) is 0 Å². The first-order valence-electron chi connectivity index (χ1n) is 8.25. The second-order valence-corrected chi connectivity index (χ2v) is 7.63. The molecule has 21 heavy (non-hydrogen) atoms. The Morgan fingerprint density at radius 3 is 2.19 bits per heavy atom. The van der Waals surface area contributed by atoms with Crippen molar-refractivity contribution in [1.82, 2.24) is 0 Å². The van der Waals surface area contributed by atoms with Gasteiger partial charge in [-0.2, -0.15) is 0 Å². The summed E-state index contributed by atoms with van der Waals surface area (Å²) in [6, 6.07) is 0. The molecule has 2 atom stereocenters. The summed E-state index contributed by atoms with van der Waals surface area (Å²) >= 11 is 0. The largest absolute Gasteiger partial charge is 0.481 e. The number of hydrogen-bond acceptors (Lipinski definition) is 2. The van der Waals surface area contributed by atoms with Crippen molar-refractivity contribution in [2.45, 2.75) is 72.1 Å². The van der Waals surface area contributed by atoms with Gasteiger partial charge in [0.05, 0.1) is 11.8 Å². The highest BCUT2D eigenvalue weighted by molar-refractivity contribution is 5.83. The third-order valence-corrected chi connectivity index (χ3v) is 4.82. The van der Waals surface area contributed by atoms with Gasteiger partial charge in [-0.05, 0) is 17.8 Å². The van der Waals surface area contributed by atoms with E-state index in [1.807, 2.05) is 20.8 Å². The molecule has 1 rings (SSSR count). The first kappa shape index (κ1) is 18.0. The smallest absolute Gasteiger partial charge is 0.307 e. The number of hydrogen-bond donors (Lipinski definition) is 2. The number of carbonyl (C=O) groups is 2. The number of primary amides is 1. The second kappa shape index (κ2) is 7.81. The Morgan fingerprint density at radius 2 is 1.76 bits per heavy atom. The van der Waals surface area contributed by atoms with Gasteiger partial charge in [0, 0.05) is 0 Å². The van der Waals surface area contributed by atoms with Gasteiger partial charge in [-0.3, -0.25) is 9.59 Å². The zero-order valence-corrected chi connectivity index (χ0v) is 13.7. The Labute approximate surface area is 128 Å². The molecule has 0 heterocycles. The van der Waals surface area contributed by atoms with E-state index < -0.39 is 29.1 Å². The minimum Gasteiger partial charge on any atom is -0.481 e. The zero-order chi connectivity index (χ0) is 16.0. The van der Waals surface area contributed by atoms with Crippen molar-refractivity contribution < 1.29 is 14.7 Å². The fraction of sp³-hybridized carbons (Fsp3) is 0.882. The SMILES string of the molecule is CC(C)(C)C(C(=O)O)[C@@H](CCCC1CCCCC1)C(N)=O. The molecule has 0 saturated heterocycles. The Kier molecular flexibility index (Phi) is 6.69. The predicted molar refractivity (Wildman–Crippen MR) is 83.7 cm³/mol. The molecule has 122 valence electrons. The average molecular weight is 297 g/mol. The molecule has 3 N–H and O–H groups in total. The highest BCUT2D eigenvalue weighted by Gasteiger charge is 2.40. The Morgan fingerprint density at radius 1 is 1.19 bits per heavy atom. The van der Waals surface area contributed by atoms with E-state index in [1.54, 1.807) is 0 Å². The van der Waals surface area contributed by atoms with Gasteiger partial charge in [0.25, 0.3) is 0 Å². The third kappa shape index (κ3) is 5.68. The fourth-order valence-corrected chi connectivity index (χ4v) is 3.72. The lowest BCUT2D eigenvalue weighted by Gasteiger charge is -2.32. The maximum atomic E-state index is 11.7. The van der Waals surface area contributed by atoms with Crippen LogP contribution in [0.5, 0.6) is 0 Å². The number of rotatable bonds is 7. The molecular formula is C17H31NO3. The number of carbonyl (C=O) groups excluding carboxylic acids is 1. The molecule has 1 amide bonds. The third-order valence-electron chi connectivity index (χ3n) is 4.82. The maximum Gasteiger partial charge on any atom is 0.307 e. The highest BCUT2D eigenvalue weighted by atomic mass is 16.4. The molecule has 4 heteroatoms. The van der Waals surface area contributed by atoms with Crippen LogP contribution in [0, 0.1) is 23.2 Å². The molecule has 4 nitrogen and oxygen atoms in total. The second-order valence-electron chi connectivity index (χ2n) is 7.63. The first-order valence-corrected chi connectivity index (χ1v) is 8.25. The van der Waals surface area contributed by atoms with Gasteiger partial charge in [-0.15, -0.1) is 0 Å². The average Bonchev–Trinajstić information content (AvgIpc) is 2.36. The minimum atomic E-state index is -0.913. The molecule has 1 aliphatic carbocycles. The number of carboxylic acid groups (broad SMARTS) is 1. The molecule has 1 aliphatic rings. The van der Waals surface area contributed by atoms with Gasteiger partial charge in [0.2, 0.25) is 5.91 Å². The Bertz CT molecular complexity index is 354. The summed E-state index contributed by atoms with van der Waals surface area (Å²) in [5, 5.41) is 9.47. The summed E-state index contributed by atoms with van der Waals surface area (Å²) in [7, 11) is 0. The van der Waals surface area contributed by atoms with Crippen molar-refractivity contribution in [1.29, 1.82) is 0 Å². The van der Waals surface area contributed by atoms with Crippen molar-refractivity contribution in [2.24, 2.45) is 28.9 Å². The summed E-state index contributed by atoms with van der Waals surface area (Å²) < 4.78 is 0. The highest BCUT2D eigenvalue weighted by Crippen LogP contribution is 2.36. The molecule has 1 fully saturated rings. The van der Waals surface area contributed by atoms with E-state index in [4.69, 9.17) is 5.73 Å². The van der Waals surface area contributed by atoms with Gasteiger partial charge >= 0.3 is 5.97 Å². The summed E-state index contributed by atoms with van der Waals surface area (Å²) in [4.78, 5) is 23.3. The van der Waals surface area contributed by atoms with Crippen LogP contribution in [0.4, 0.5) is 0 Å². The van der Waals surface area contributed by atoms with Crippen LogP contribution < -0.4 is 5.73 Å². The van der Waals surface area contributed by atoms with Crippen molar-refractivity contribution in [2.75, 3.05) is 0 Å². The monoisotopic (exact) mass is 297 g/mol. The molecule has 1 unspecified atom stereocenters. The van der Waals surface area contributed by atoms with Gasteiger partial charge in [0.1, 0.15) is 0 Å². The summed E-state index contributed by atoms with van der Waals surface area (Å²) in [6.45, 7) is 5.59. The molecule has 0 bridgehead atoms. The molecule has 1 saturated carbocycles. The van der Waals surface area contributed by atoms with Crippen LogP contribution in [0.25, 0.3) is 0 Å². The van der Waals surface area contributed by atoms with Crippen LogP contribution in [0.2, 0.25) is 0 Å². The van der Waals surface area contributed by atoms with Gasteiger partial charge in [-0.1, -0.05) is 65.7 Å². The van der Waals surface area contributed by atoms with Gasteiger partial charge < -0.3 is 10.8 Å². The van der Waals surface area contributed by atoms with Crippen molar-refractivity contribution in [3.63, 3.8) is 0 Å². The van der Waals surface area contributed by atoms with Crippen molar-refractivity contribution >= 4 is 11.9 Å². The summed E-state index contributed by atoms with van der Waals surface area (Å²) in [5.74, 6) is -1.90. The Hall–Kier alpha value is -1.06. The number of carboxylic acids is 1. The molecule has 0 aromatic carbocycles. The number of nitrogens with two attached hydrogens (primary N) is 1. The van der Waals surface area contributed by atoms with Gasteiger partial charge in [-0.25, -0.2) is 0 Å². The summed E-state index contributed by atoms with van der Waals surface area (Å²) in [6.07, 6.45) is 9.11. The Balaban J connectivity index is 2.59. The number of aliphatic carboxylic acids is 1. The first-order chi connectivity index (χ1) is 9.73. The fourth-order valence-electron chi connectivity index (χ4n) is 3.72. The van der Waals surface area contributed by atoms with E-state index in [-0.39, 0.29) is 0 Å². The van der Waals surface area contributed by atoms with E-state index >= 15 is 0 Å².